The van der Waals surface area contributed by atoms with Crippen LogP contribution in [0, 0.1) is 6.92 Å². The maximum Gasteiger partial charge on any atom is 0.433 e. The molecule has 2 nitrogen and oxygen atoms in total. The Hall–Kier alpha value is -1.10. The SMILES string of the molecule is Cc1cc2c(nc1C(F)(F)F)CN(C)CC2. The van der Waals surface area contributed by atoms with E-state index in [2.05, 4.69) is 4.98 Å². The Bertz CT molecular complexity index is 412. The van der Waals surface area contributed by atoms with Crippen LogP contribution < -0.4 is 0 Å². The predicted molar refractivity (Wildman–Crippen MR) is 54.0 cm³/mol. The predicted octanol–water partition coefficient (Wildman–Crippen LogP) is 2.40. The van der Waals surface area contributed by atoms with Crippen molar-refractivity contribution < 1.29 is 13.2 Å². The van der Waals surface area contributed by atoms with E-state index in [1.807, 2.05) is 11.9 Å². The second-order valence-corrected chi connectivity index (χ2v) is 4.25. The Morgan fingerprint density at radius 3 is 2.69 bits per heavy atom. The molecule has 1 aliphatic rings. The third kappa shape index (κ3) is 2.04. The summed E-state index contributed by atoms with van der Waals surface area (Å²) < 4.78 is 37.9. The molecule has 0 saturated heterocycles. The number of aryl methyl sites for hydroxylation is 1. The molecule has 5 heteroatoms. The number of pyridine rings is 1. The molecule has 88 valence electrons. The van der Waals surface area contributed by atoms with Crippen LogP contribution in [-0.4, -0.2) is 23.5 Å². The Morgan fingerprint density at radius 1 is 1.38 bits per heavy atom. The van der Waals surface area contributed by atoms with Crippen molar-refractivity contribution in [2.24, 2.45) is 0 Å². The summed E-state index contributed by atoms with van der Waals surface area (Å²) in [7, 11) is 1.89. The van der Waals surface area contributed by atoms with Gasteiger partial charge in [0.15, 0.2) is 0 Å². The second-order valence-electron chi connectivity index (χ2n) is 4.25. The Kier molecular flexibility index (Phi) is 2.66. The summed E-state index contributed by atoms with van der Waals surface area (Å²) in [6.07, 6.45) is -3.58. The fourth-order valence-electron chi connectivity index (χ4n) is 1.99. The van der Waals surface area contributed by atoms with E-state index in [0.29, 0.717) is 12.2 Å². The molecule has 1 aromatic rings. The number of rotatable bonds is 0. The van der Waals surface area contributed by atoms with E-state index < -0.39 is 11.9 Å². The van der Waals surface area contributed by atoms with E-state index in [4.69, 9.17) is 0 Å². The zero-order valence-corrected chi connectivity index (χ0v) is 9.23. The van der Waals surface area contributed by atoms with Crippen molar-refractivity contribution in [1.29, 1.82) is 0 Å². The van der Waals surface area contributed by atoms with Crippen molar-refractivity contribution >= 4 is 0 Å². The first-order valence-corrected chi connectivity index (χ1v) is 5.13. The number of hydrogen-bond acceptors (Lipinski definition) is 2. The maximum absolute atomic E-state index is 12.6. The average molecular weight is 230 g/mol. The van der Waals surface area contributed by atoms with E-state index in [9.17, 15) is 13.2 Å². The minimum atomic E-state index is -4.35. The van der Waals surface area contributed by atoms with Gasteiger partial charge < -0.3 is 4.90 Å². The van der Waals surface area contributed by atoms with E-state index >= 15 is 0 Å². The number of alkyl halides is 3. The van der Waals surface area contributed by atoms with Gasteiger partial charge in [0.25, 0.3) is 0 Å². The highest BCUT2D eigenvalue weighted by molar-refractivity contribution is 5.32. The van der Waals surface area contributed by atoms with Crippen LogP contribution in [0.3, 0.4) is 0 Å². The van der Waals surface area contributed by atoms with E-state index in [1.54, 1.807) is 6.07 Å². The molecule has 0 saturated carbocycles. The number of hydrogen-bond donors (Lipinski definition) is 0. The van der Waals surface area contributed by atoms with Gasteiger partial charge in [0.05, 0.1) is 5.69 Å². The van der Waals surface area contributed by atoms with Crippen LogP contribution in [-0.2, 0) is 19.1 Å². The highest BCUT2D eigenvalue weighted by Gasteiger charge is 2.35. The number of aromatic nitrogens is 1. The first-order valence-electron chi connectivity index (χ1n) is 5.13. The van der Waals surface area contributed by atoms with E-state index in [0.717, 1.165) is 18.5 Å². The minimum Gasteiger partial charge on any atom is -0.300 e. The normalized spacial score (nSPS) is 17.3. The number of halogens is 3. The van der Waals surface area contributed by atoms with Gasteiger partial charge >= 0.3 is 6.18 Å². The molecule has 0 spiro atoms. The maximum atomic E-state index is 12.6. The zero-order valence-electron chi connectivity index (χ0n) is 9.23. The minimum absolute atomic E-state index is 0.218. The van der Waals surface area contributed by atoms with Crippen LogP contribution in [0.25, 0.3) is 0 Å². The monoisotopic (exact) mass is 230 g/mol. The Balaban J connectivity index is 2.47. The summed E-state index contributed by atoms with van der Waals surface area (Å²) in [5.74, 6) is 0. The fourth-order valence-corrected chi connectivity index (χ4v) is 1.99. The molecule has 1 aromatic heterocycles. The molecule has 0 bridgehead atoms. The first-order chi connectivity index (χ1) is 7.38. The molecule has 0 N–H and O–H groups in total. The summed E-state index contributed by atoms with van der Waals surface area (Å²) >= 11 is 0. The van der Waals surface area contributed by atoms with Gasteiger partial charge in [0.2, 0.25) is 0 Å². The second kappa shape index (κ2) is 3.73. The summed E-state index contributed by atoms with van der Waals surface area (Å²) in [4.78, 5) is 5.74. The molecule has 0 fully saturated rings. The smallest absolute Gasteiger partial charge is 0.300 e. The lowest BCUT2D eigenvalue weighted by Gasteiger charge is -2.25. The van der Waals surface area contributed by atoms with Crippen LogP contribution in [0.4, 0.5) is 13.2 Å². The molecule has 0 radical (unpaired) electrons. The molecule has 0 amide bonds. The topological polar surface area (TPSA) is 16.1 Å². The summed E-state index contributed by atoms with van der Waals surface area (Å²) in [6, 6.07) is 1.62. The standard InChI is InChI=1S/C11H13F3N2/c1-7-5-8-3-4-16(2)6-9(8)15-10(7)11(12,13)14/h5H,3-4,6H2,1-2H3. The Labute approximate surface area is 92.1 Å². The lowest BCUT2D eigenvalue weighted by Crippen LogP contribution is -2.28. The van der Waals surface area contributed by atoms with Gasteiger partial charge in [-0.2, -0.15) is 13.2 Å². The van der Waals surface area contributed by atoms with Crippen LogP contribution >= 0.6 is 0 Å². The van der Waals surface area contributed by atoms with Gasteiger partial charge in [-0.25, -0.2) is 4.98 Å². The lowest BCUT2D eigenvalue weighted by molar-refractivity contribution is -0.141. The van der Waals surface area contributed by atoms with E-state index in [-0.39, 0.29) is 5.56 Å². The molecule has 0 aliphatic carbocycles. The van der Waals surface area contributed by atoms with Crippen molar-refractivity contribution in [1.82, 2.24) is 9.88 Å². The summed E-state index contributed by atoms with van der Waals surface area (Å²) in [6.45, 7) is 2.84. The molecule has 0 unspecified atom stereocenters. The third-order valence-corrected chi connectivity index (χ3v) is 2.83. The quantitative estimate of drug-likeness (QED) is 0.680. The van der Waals surface area contributed by atoms with Crippen LogP contribution in [0.15, 0.2) is 6.07 Å². The first kappa shape index (κ1) is 11.4. The third-order valence-electron chi connectivity index (χ3n) is 2.83. The van der Waals surface area contributed by atoms with Gasteiger partial charge in [-0.1, -0.05) is 6.07 Å². The number of nitrogens with zero attached hydrogens (tertiary/aromatic N) is 2. The van der Waals surface area contributed by atoms with E-state index in [1.165, 1.54) is 6.92 Å². The van der Waals surface area contributed by atoms with Gasteiger partial charge in [0, 0.05) is 13.1 Å². The van der Waals surface area contributed by atoms with Crippen molar-refractivity contribution in [3.8, 4) is 0 Å². The van der Waals surface area contributed by atoms with Crippen molar-refractivity contribution in [3.05, 3.63) is 28.6 Å². The van der Waals surface area contributed by atoms with Crippen LogP contribution in [0.5, 0.6) is 0 Å². The molecule has 1 aliphatic heterocycles. The van der Waals surface area contributed by atoms with Gasteiger partial charge in [-0.15, -0.1) is 0 Å². The Morgan fingerprint density at radius 2 is 2.06 bits per heavy atom. The molecule has 0 atom stereocenters. The van der Waals surface area contributed by atoms with Gasteiger partial charge in [-0.3, -0.25) is 0 Å². The van der Waals surface area contributed by atoms with Gasteiger partial charge in [0.1, 0.15) is 5.69 Å². The largest absolute Gasteiger partial charge is 0.433 e. The van der Waals surface area contributed by atoms with Crippen molar-refractivity contribution in [2.45, 2.75) is 26.1 Å². The molecule has 0 aromatic carbocycles. The average Bonchev–Trinajstić information content (AvgIpc) is 2.16. The molecule has 2 rings (SSSR count). The zero-order chi connectivity index (χ0) is 11.9. The molecular formula is C11H13F3N2. The summed E-state index contributed by atoms with van der Waals surface area (Å²) in [5.41, 5.74) is 0.979. The molecule has 2 heterocycles. The summed E-state index contributed by atoms with van der Waals surface area (Å²) in [5, 5.41) is 0. The fraction of sp³-hybridized carbons (Fsp3) is 0.545. The highest BCUT2D eigenvalue weighted by atomic mass is 19.4. The van der Waals surface area contributed by atoms with Crippen molar-refractivity contribution in [3.63, 3.8) is 0 Å². The number of fused-ring (bicyclic) bond motifs is 1. The lowest BCUT2D eigenvalue weighted by atomic mass is 10.0. The highest BCUT2D eigenvalue weighted by Crippen LogP contribution is 2.32. The van der Waals surface area contributed by atoms with Gasteiger partial charge in [-0.05, 0) is 31.5 Å². The number of likely N-dealkylation sites (N-methyl/N-ethyl adjacent to an activating group) is 1. The molecule has 16 heavy (non-hydrogen) atoms. The van der Waals surface area contributed by atoms with Crippen LogP contribution in [0.2, 0.25) is 0 Å². The van der Waals surface area contributed by atoms with Crippen LogP contribution in [0.1, 0.15) is 22.5 Å². The molecular weight excluding hydrogens is 217 g/mol. The van der Waals surface area contributed by atoms with Crippen molar-refractivity contribution in [2.75, 3.05) is 13.6 Å².